The van der Waals surface area contributed by atoms with Crippen LogP contribution in [0.25, 0.3) is 11.1 Å². The first-order valence-corrected chi connectivity index (χ1v) is 8.90. The van der Waals surface area contributed by atoms with Gasteiger partial charge < -0.3 is 25.1 Å². The molecule has 0 aromatic heterocycles. The zero-order valence-electron chi connectivity index (χ0n) is 16.0. The smallest absolute Gasteiger partial charge is 0.320 e. The minimum Gasteiger partial charge on any atom is -0.496 e. The van der Waals surface area contributed by atoms with Crippen molar-refractivity contribution >= 4 is 5.97 Å². The van der Waals surface area contributed by atoms with Crippen LogP contribution in [-0.4, -0.2) is 37.9 Å². The molecule has 0 aliphatic rings. The van der Waals surface area contributed by atoms with Gasteiger partial charge in [-0.2, -0.15) is 0 Å². The fourth-order valence-corrected chi connectivity index (χ4v) is 2.82. The number of hydrogen-bond donors (Lipinski definition) is 2. The number of ether oxygens (including phenoxy) is 3. The normalized spacial score (nSPS) is 11.9. The Balaban J connectivity index is 2.31. The zero-order valence-corrected chi connectivity index (χ0v) is 16.0. The Bertz CT molecular complexity index is 733. The second-order valence-corrected chi connectivity index (χ2v) is 6.27. The summed E-state index contributed by atoms with van der Waals surface area (Å²) >= 11 is 0. The molecule has 0 spiro atoms. The highest BCUT2D eigenvalue weighted by atomic mass is 16.5. The largest absolute Gasteiger partial charge is 0.496 e. The lowest BCUT2D eigenvalue weighted by Gasteiger charge is -2.16. The van der Waals surface area contributed by atoms with Gasteiger partial charge in [0.2, 0.25) is 0 Å². The first-order chi connectivity index (χ1) is 13.0. The van der Waals surface area contributed by atoms with Crippen molar-refractivity contribution in [1.29, 1.82) is 0 Å². The fourth-order valence-electron chi connectivity index (χ4n) is 2.82. The van der Waals surface area contributed by atoms with E-state index in [9.17, 15) is 4.79 Å². The van der Waals surface area contributed by atoms with Crippen molar-refractivity contribution in [3.8, 4) is 22.6 Å². The average Bonchev–Trinajstić information content (AvgIpc) is 2.68. The molecule has 0 saturated heterocycles. The number of aliphatic carboxylic acids is 1. The number of nitrogens with two attached hydrogens (primary N) is 1. The molecule has 0 amide bonds. The van der Waals surface area contributed by atoms with Crippen LogP contribution in [0.5, 0.6) is 11.5 Å². The van der Waals surface area contributed by atoms with E-state index in [1.54, 1.807) is 14.2 Å². The molecule has 0 fully saturated rings. The zero-order chi connectivity index (χ0) is 19.8. The molecule has 0 aliphatic carbocycles. The summed E-state index contributed by atoms with van der Waals surface area (Å²) in [6, 6.07) is 10.5. The third-order valence-corrected chi connectivity index (χ3v) is 4.20. The Kier molecular flexibility index (Phi) is 7.64. The summed E-state index contributed by atoms with van der Waals surface area (Å²) in [6.07, 6.45) is 1.24. The van der Waals surface area contributed by atoms with Gasteiger partial charge in [-0.05, 0) is 41.7 Å². The van der Waals surface area contributed by atoms with Gasteiger partial charge in [-0.3, -0.25) is 4.79 Å². The molecule has 1 atom stereocenters. The number of carboxylic acid groups (broad SMARTS) is 1. The highest BCUT2D eigenvalue weighted by Gasteiger charge is 2.16. The van der Waals surface area contributed by atoms with Crippen LogP contribution in [0.15, 0.2) is 36.4 Å². The summed E-state index contributed by atoms with van der Waals surface area (Å²) in [7, 11) is 3.24. The molecule has 2 rings (SSSR count). The van der Waals surface area contributed by atoms with E-state index in [1.807, 2.05) is 36.4 Å². The van der Waals surface area contributed by atoms with Crippen molar-refractivity contribution in [2.75, 3.05) is 20.8 Å². The van der Waals surface area contributed by atoms with E-state index in [2.05, 4.69) is 6.92 Å². The SMILES string of the molecule is CCCOCc1cc(OC)c(-c2ccc(CC(N)C(=O)O)cc2)c(OC)c1. The van der Waals surface area contributed by atoms with Crippen LogP contribution in [-0.2, 0) is 22.6 Å². The Morgan fingerprint density at radius 3 is 2.15 bits per heavy atom. The third kappa shape index (κ3) is 5.45. The molecule has 2 aromatic carbocycles. The number of methoxy groups -OCH3 is 2. The van der Waals surface area contributed by atoms with Crippen LogP contribution in [0, 0.1) is 0 Å². The fraction of sp³-hybridized carbons (Fsp3) is 0.381. The highest BCUT2D eigenvalue weighted by molar-refractivity contribution is 5.78. The third-order valence-electron chi connectivity index (χ3n) is 4.20. The summed E-state index contributed by atoms with van der Waals surface area (Å²) in [5.74, 6) is 0.377. The Labute approximate surface area is 159 Å². The monoisotopic (exact) mass is 373 g/mol. The number of hydrogen-bond acceptors (Lipinski definition) is 5. The van der Waals surface area contributed by atoms with E-state index >= 15 is 0 Å². The van der Waals surface area contributed by atoms with Gasteiger partial charge in [0.15, 0.2) is 0 Å². The van der Waals surface area contributed by atoms with Crippen molar-refractivity contribution in [3.63, 3.8) is 0 Å². The lowest BCUT2D eigenvalue weighted by Crippen LogP contribution is -2.32. The number of carbonyl (C=O) groups is 1. The van der Waals surface area contributed by atoms with Crippen LogP contribution < -0.4 is 15.2 Å². The minimum absolute atomic E-state index is 0.275. The van der Waals surface area contributed by atoms with Gasteiger partial charge in [-0.25, -0.2) is 0 Å². The standard InChI is InChI=1S/C21H27NO5/c1-4-9-27-13-15-11-18(25-2)20(19(12-15)26-3)16-7-5-14(6-8-16)10-17(22)21(23)24/h5-8,11-12,17H,4,9-10,13,22H2,1-3H3,(H,23,24). The van der Waals surface area contributed by atoms with E-state index in [0.29, 0.717) is 24.7 Å². The Hall–Kier alpha value is -2.57. The van der Waals surface area contributed by atoms with Gasteiger partial charge in [0, 0.05) is 6.61 Å². The molecule has 0 heterocycles. The predicted octanol–water partition coefficient (Wildman–Crippen LogP) is 3.25. The van der Waals surface area contributed by atoms with Crippen molar-refractivity contribution in [3.05, 3.63) is 47.5 Å². The molecule has 6 nitrogen and oxygen atoms in total. The number of rotatable bonds is 10. The van der Waals surface area contributed by atoms with E-state index in [1.165, 1.54) is 0 Å². The maximum absolute atomic E-state index is 10.9. The summed E-state index contributed by atoms with van der Waals surface area (Å²) in [5, 5.41) is 8.95. The topological polar surface area (TPSA) is 91.0 Å². The molecule has 27 heavy (non-hydrogen) atoms. The van der Waals surface area contributed by atoms with E-state index in [4.69, 9.17) is 25.1 Å². The molecular formula is C21H27NO5. The second-order valence-electron chi connectivity index (χ2n) is 6.27. The van der Waals surface area contributed by atoms with E-state index < -0.39 is 12.0 Å². The Morgan fingerprint density at radius 2 is 1.67 bits per heavy atom. The van der Waals surface area contributed by atoms with Gasteiger partial charge in [0.25, 0.3) is 0 Å². The molecule has 0 bridgehead atoms. The lowest BCUT2D eigenvalue weighted by atomic mass is 9.98. The van der Waals surface area contributed by atoms with Crippen LogP contribution in [0.3, 0.4) is 0 Å². The second kappa shape index (κ2) is 9.94. The summed E-state index contributed by atoms with van der Waals surface area (Å²) in [5.41, 5.74) is 9.19. The molecule has 1 unspecified atom stereocenters. The van der Waals surface area contributed by atoms with Crippen molar-refractivity contribution in [2.45, 2.75) is 32.4 Å². The van der Waals surface area contributed by atoms with Crippen molar-refractivity contribution < 1.29 is 24.1 Å². The van der Waals surface area contributed by atoms with Gasteiger partial charge in [-0.1, -0.05) is 31.2 Å². The van der Waals surface area contributed by atoms with Gasteiger partial charge >= 0.3 is 5.97 Å². The quantitative estimate of drug-likeness (QED) is 0.621. The molecular weight excluding hydrogens is 346 g/mol. The average molecular weight is 373 g/mol. The Morgan fingerprint density at radius 1 is 1.07 bits per heavy atom. The van der Waals surface area contributed by atoms with Crippen LogP contribution in [0.4, 0.5) is 0 Å². The van der Waals surface area contributed by atoms with Crippen LogP contribution in [0.1, 0.15) is 24.5 Å². The van der Waals surface area contributed by atoms with Crippen molar-refractivity contribution in [2.24, 2.45) is 5.73 Å². The maximum Gasteiger partial charge on any atom is 0.320 e. The van der Waals surface area contributed by atoms with Gasteiger partial charge in [0.1, 0.15) is 17.5 Å². The summed E-state index contributed by atoms with van der Waals surface area (Å²) in [6.45, 7) is 3.26. The van der Waals surface area contributed by atoms with Crippen LogP contribution in [0.2, 0.25) is 0 Å². The molecule has 6 heteroatoms. The molecule has 0 radical (unpaired) electrons. The van der Waals surface area contributed by atoms with E-state index in [0.717, 1.165) is 28.7 Å². The van der Waals surface area contributed by atoms with Crippen molar-refractivity contribution in [1.82, 2.24) is 0 Å². The molecule has 2 aromatic rings. The molecule has 146 valence electrons. The first-order valence-electron chi connectivity index (χ1n) is 8.90. The van der Waals surface area contributed by atoms with Gasteiger partial charge in [-0.15, -0.1) is 0 Å². The first kappa shape index (κ1) is 20.7. The lowest BCUT2D eigenvalue weighted by molar-refractivity contribution is -0.138. The minimum atomic E-state index is -1.01. The molecule has 0 saturated carbocycles. The highest BCUT2D eigenvalue weighted by Crippen LogP contribution is 2.39. The number of carboxylic acids is 1. The summed E-state index contributed by atoms with van der Waals surface area (Å²) < 4.78 is 16.8. The maximum atomic E-state index is 10.9. The molecule has 0 aliphatic heterocycles. The summed E-state index contributed by atoms with van der Waals surface area (Å²) in [4.78, 5) is 10.9. The van der Waals surface area contributed by atoms with Crippen LogP contribution >= 0.6 is 0 Å². The van der Waals surface area contributed by atoms with Gasteiger partial charge in [0.05, 0.1) is 26.4 Å². The van der Waals surface area contributed by atoms with E-state index in [-0.39, 0.29) is 6.42 Å². The molecule has 3 N–H and O–H groups in total. The predicted molar refractivity (Wildman–Crippen MR) is 104 cm³/mol. The number of benzene rings is 2.